The molecule has 0 aliphatic carbocycles. The topological polar surface area (TPSA) is 65.5 Å². The maximum absolute atomic E-state index is 11.5. The van der Waals surface area contributed by atoms with Gasteiger partial charge in [-0.3, -0.25) is 4.79 Å². The van der Waals surface area contributed by atoms with Crippen molar-refractivity contribution in [3.8, 4) is 11.6 Å². The Morgan fingerprint density at radius 3 is 2.24 bits per heavy atom. The van der Waals surface area contributed by atoms with Crippen molar-refractivity contribution in [1.82, 2.24) is 4.98 Å². The van der Waals surface area contributed by atoms with E-state index in [1.165, 1.54) is 13.1 Å². The van der Waals surface area contributed by atoms with E-state index in [2.05, 4.69) is 4.98 Å². The van der Waals surface area contributed by atoms with Crippen LogP contribution in [-0.4, -0.2) is 23.3 Å². The fourth-order valence-corrected chi connectivity index (χ4v) is 1.65. The van der Waals surface area contributed by atoms with E-state index in [0.717, 1.165) is 0 Å². The number of nitrogens with zero attached hydrogens (tertiary/aromatic N) is 1. The fourth-order valence-electron chi connectivity index (χ4n) is 1.65. The first-order valence-electron chi connectivity index (χ1n) is 6.52. The number of rotatable bonds is 5. The third kappa shape index (κ3) is 3.89. The van der Waals surface area contributed by atoms with Crippen LogP contribution in [0.4, 0.5) is 0 Å². The summed E-state index contributed by atoms with van der Waals surface area (Å²) in [6, 6.07) is 9.93. The summed E-state index contributed by atoms with van der Waals surface area (Å²) >= 11 is 0. The third-order valence-corrected chi connectivity index (χ3v) is 2.73. The highest BCUT2D eigenvalue weighted by atomic mass is 16.5. The van der Waals surface area contributed by atoms with E-state index in [4.69, 9.17) is 9.47 Å². The zero-order valence-electron chi connectivity index (χ0n) is 11.8. The van der Waals surface area contributed by atoms with Crippen molar-refractivity contribution in [2.45, 2.75) is 13.8 Å². The molecule has 0 radical (unpaired) electrons. The van der Waals surface area contributed by atoms with Gasteiger partial charge in [-0.1, -0.05) is 0 Å². The number of hydrogen-bond donors (Lipinski definition) is 0. The SMILES string of the molecule is CCOC(=O)c1ccc(Oc2ccc(C(C)=O)cc2)nc1. The van der Waals surface area contributed by atoms with Gasteiger partial charge in [0.1, 0.15) is 5.75 Å². The van der Waals surface area contributed by atoms with Crippen molar-refractivity contribution < 1.29 is 19.1 Å². The summed E-state index contributed by atoms with van der Waals surface area (Å²) in [4.78, 5) is 26.7. The quantitative estimate of drug-likeness (QED) is 0.623. The molecule has 1 aromatic heterocycles. The maximum atomic E-state index is 11.5. The van der Waals surface area contributed by atoms with Gasteiger partial charge in [-0.15, -0.1) is 0 Å². The van der Waals surface area contributed by atoms with Gasteiger partial charge in [0.15, 0.2) is 5.78 Å². The molecule has 0 aliphatic heterocycles. The molecule has 0 unspecified atom stereocenters. The van der Waals surface area contributed by atoms with E-state index in [0.29, 0.717) is 29.4 Å². The molecule has 108 valence electrons. The number of esters is 1. The van der Waals surface area contributed by atoms with Crippen LogP contribution < -0.4 is 4.74 Å². The minimum Gasteiger partial charge on any atom is -0.462 e. The van der Waals surface area contributed by atoms with Crippen LogP contribution >= 0.6 is 0 Å². The molecular formula is C16H15NO4. The number of pyridine rings is 1. The molecule has 0 aliphatic rings. The molecule has 0 amide bonds. The summed E-state index contributed by atoms with van der Waals surface area (Å²) in [6.45, 7) is 3.57. The van der Waals surface area contributed by atoms with E-state index < -0.39 is 5.97 Å². The number of aromatic nitrogens is 1. The number of hydrogen-bond acceptors (Lipinski definition) is 5. The number of benzene rings is 1. The average molecular weight is 285 g/mol. The molecule has 5 nitrogen and oxygen atoms in total. The largest absolute Gasteiger partial charge is 0.462 e. The van der Waals surface area contributed by atoms with Gasteiger partial charge in [-0.25, -0.2) is 9.78 Å². The summed E-state index contributed by atoms with van der Waals surface area (Å²) in [5.74, 6) is 0.510. The van der Waals surface area contributed by atoms with Crippen LogP contribution in [0.5, 0.6) is 11.6 Å². The van der Waals surface area contributed by atoms with Crippen molar-refractivity contribution in [1.29, 1.82) is 0 Å². The van der Waals surface area contributed by atoms with Gasteiger partial charge < -0.3 is 9.47 Å². The van der Waals surface area contributed by atoms with E-state index >= 15 is 0 Å². The van der Waals surface area contributed by atoms with Crippen molar-refractivity contribution in [3.05, 3.63) is 53.7 Å². The molecule has 1 aromatic carbocycles. The molecule has 0 saturated carbocycles. The monoisotopic (exact) mass is 285 g/mol. The Hall–Kier alpha value is -2.69. The lowest BCUT2D eigenvalue weighted by molar-refractivity contribution is 0.0525. The van der Waals surface area contributed by atoms with Gasteiger partial charge in [0, 0.05) is 17.8 Å². The molecule has 5 heteroatoms. The Morgan fingerprint density at radius 2 is 1.71 bits per heavy atom. The first-order valence-corrected chi connectivity index (χ1v) is 6.52. The number of Topliss-reactive ketones (excluding diaryl/α,β-unsaturated/α-hetero) is 1. The zero-order valence-corrected chi connectivity index (χ0v) is 11.8. The van der Waals surface area contributed by atoms with Crippen molar-refractivity contribution in [3.63, 3.8) is 0 Å². The van der Waals surface area contributed by atoms with Crippen LogP contribution in [0.3, 0.4) is 0 Å². The molecule has 0 bridgehead atoms. The summed E-state index contributed by atoms with van der Waals surface area (Å²) in [6.07, 6.45) is 1.40. The molecule has 0 spiro atoms. The molecule has 0 saturated heterocycles. The average Bonchev–Trinajstić information content (AvgIpc) is 2.49. The molecule has 0 N–H and O–H groups in total. The second-order valence-corrected chi connectivity index (χ2v) is 4.29. The molecule has 1 heterocycles. The van der Waals surface area contributed by atoms with Crippen LogP contribution in [0, 0.1) is 0 Å². The normalized spacial score (nSPS) is 10.0. The maximum Gasteiger partial charge on any atom is 0.339 e. The minimum atomic E-state index is -0.414. The second kappa shape index (κ2) is 6.65. The molecular weight excluding hydrogens is 270 g/mol. The van der Waals surface area contributed by atoms with Gasteiger partial charge in [0.05, 0.1) is 12.2 Å². The Bertz CT molecular complexity index is 632. The van der Waals surface area contributed by atoms with Gasteiger partial charge in [-0.2, -0.15) is 0 Å². The number of ketones is 1. The summed E-state index contributed by atoms with van der Waals surface area (Å²) < 4.78 is 10.4. The Labute approximate surface area is 122 Å². The fraction of sp³-hybridized carbons (Fsp3) is 0.188. The van der Waals surface area contributed by atoms with E-state index in [1.807, 2.05) is 0 Å². The smallest absolute Gasteiger partial charge is 0.339 e. The Morgan fingerprint density at radius 1 is 1.05 bits per heavy atom. The van der Waals surface area contributed by atoms with Crippen LogP contribution in [0.25, 0.3) is 0 Å². The van der Waals surface area contributed by atoms with Gasteiger partial charge in [0.2, 0.25) is 5.88 Å². The highest BCUT2D eigenvalue weighted by Crippen LogP contribution is 2.20. The lowest BCUT2D eigenvalue weighted by Gasteiger charge is -2.06. The molecule has 21 heavy (non-hydrogen) atoms. The van der Waals surface area contributed by atoms with E-state index in [-0.39, 0.29) is 5.78 Å². The van der Waals surface area contributed by atoms with Crippen molar-refractivity contribution in [2.24, 2.45) is 0 Å². The predicted octanol–water partition coefficient (Wildman–Crippen LogP) is 3.25. The van der Waals surface area contributed by atoms with Crippen LogP contribution in [0.15, 0.2) is 42.6 Å². The lowest BCUT2D eigenvalue weighted by atomic mass is 10.1. The first kappa shape index (κ1) is 14.7. The molecule has 0 fully saturated rings. The van der Waals surface area contributed by atoms with Crippen LogP contribution in [0.1, 0.15) is 34.6 Å². The number of ether oxygens (including phenoxy) is 2. The summed E-state index contributed by atoms with van der Waals surface area (Å²) in [5, 5.41) is 0. The number of carbonyl (C=O) groups is 2. The molecule has 0 atom stereocenters. The zero-order chi connectivity index (χ0) is 15.2. The van der Waals surface area contributed by atoms with Crippen molar-refractivity contribution >= 4 is 11.8 Å². The minimum absolute atomic E-state index is 0.00142. The van der Waals surface area contributed by atoms with Crippen molar-refractivity contribution in [2.75, 3.05) is 6.61 Å². The predicted molar refractivity (Wildman–Crippen MR) is 76.7 cm³/mol. The third-order valence-electron chi connectivity index (χ3n) is 2.73. The number of carbonyl (C=O) groups excluding carboxylic acids is 2. The van der Waals surface area contributed by atoms with Gasteiger partial charge in [0.25, 0.3) is 0 Å². The highest BCUT2D eigenvalue weighted by molar-refractivity contribution is 5.94. The molecule has 2 rings (SSSR count). The second-order valence-electron chi connectivity index (χ2n) is 4.29. The highest BCUT2D eigenvalue weighted by Gasteiger charge is 2.07. The van der Waals surface area contributed by atoms with Gasteiger partial charge >= 0.3 is 5.97 Å². The standard InChI is InChI=1S/C16H15NO4/c1-3-20-16(19)13-6-9-15(17-10-13)21-14-7-4-12(5-8-14)11(2)18/h4-10H,3H2,1-2H3. The van der Waals surface area contributed by atoms with Crippen LogP contribution in [0.2, 0.25) is 0 Å². The lowest BCUT2D eigenvalue weighted by Crippen LogP contribution is -2.04. The summed E-state index contributed by atoms with van der Waals surface area (Å²) in [7, 11) is 0. The first-order chi connectivity index (χ1) is 10.1. The summed E-state index contributed by atoms with van der Waals surface area (Å²) in [5.41, 5.74) is 0.990. The Balaban J connectivity index is 2.06. The van der Waals surface area contributed by atoms with Crippen LogP contribution in [-0.2, 0) is 4.74 Å². The van der Waals surface area contributed by atoms with Gasteiger partial charge in [-0.05, 0) is 44.2 Å². The molecule has 2 aromatic rings. The van der Waals surface area contributed by atoms with E-state index in [9.17, 15) is 9.59 Å². The Kier molecular flexibility index (Phi) is 4.66. The van der Waals surface area contributed by atoms with E-state index in [1.54, 1.807) is 43.3 Å².